The molecular formula is C22H40F2O5P2. The molecule has 0 saturated heterocycles. The summed E-state index contributed by atoms with van der Waals surface area (Å²) in [5.41, 5.74) is 3.64. The zero-order chi connectivity index (χ0) is 24.1. The van der Waals surface area contributed by atoms with E-state index in [-0.39, 0.29) is 19.6 Å². The van der Waals surface area contributed by atoms with Crippen LogP contribution in [0.3, 0.4) is 0 Å². The first-order chi connectivity index (χ1) is 14.4. The van der Waals surface area contributed by atoms with E-state index in [0.29, 0.717) is 0 Å². The second kappa shape index (κ2) is 14.5. The van der Waals surface area contributed by atoms with Crippen LogP contribution >= 0.6 is 15.0 Å². The van der Waals surface area contributed by atoms with Crippen molar-refractivity contribution in [2.45, 2.75) is 79.1 Å². The predicted molar refractivity (Wildman–Crippen MR) is 125 cm³/mol. The fourth-order valence-corrected chi connectivity index (χ4v) is 7.46. The van der Waals surface area contributed by atoms with Gasteiger partial charge in [0.1, 0.15) is 0 Å². The molecule has 0 bridgehead atoms. The molecule has 0 amide bonds. The van der Waals surface area contributed by atoms with E-state index >= 15 is 0 Å². The second-order valence-corrected chi connectivity index (χ2v) is 12.8. The van der Waals surface area contributed by atoms with Crippen molar-refractivity contribution < 1.29 is 31.5 Å². The van der Waals surface area contributed by atoms with Crippen LogP contribution in [-0.2, 0) is 22.7 Å². The predicted octanol–water partition coefficient (Wildman–Crippen LogP) is 8.54. The first-order valence-electron chi connectivity index (χ1n) is 10.8. The van der Waals surface area contributed by atoms with E-state index in [9.17, 15) is 17.9 Å². The number of halogens is 2. The van der Waals surface area contributed by atoms with Gasteiger partial charge in [-0.3, -0.25) is 9.13 Å². The maximum absolute atomic E-state index is 14.9. The zero-order valence-electron chi connectivity index (χ0n) is 20.1. The van der Waals surface area contributed by atoms with Crippen LogP contribution in [0, 0.1) is 0 Å². The summed E-state index contributed by atoms with van der Waals surface area (Å²) < 4.78 is 69.5. The Bertz CT molecular complexity index is 715. The number of hydrogen-bond acceptors (Lipinski definition) is 5. The van der Waals surface area contributed by atoms with Gasteiger partial charge in [-0.2, -0.15) is 8.78 Å². The molecule has 0 aromatic heterocycles. The van der Waals surface area contributed by atoms with Crippen molar-refractivity contribution in [2.24, 2.45) is 0 Å². The van der Waals surface area contributed by atoms with E-state index < -0.39 is 26.5 Å². The molecule has 9 heteroatoms. The molecule has 0 spiro atoms. The standard InChI is InChI=1S/C22H40F2O5P2/c1-8-28-31(26,29-9-2)22(23,24)30(25,27-7)18-12-17-21(6)16-11-15-20(5)14-10-13-19(3)4/h13,15,17H,8-12,14,16,18H2,1-7H3/b20-15+,21-17+. The van der Waals surface area contributed by atoms with Crippen molar-refractivity contribution in [3.63, 3.8) is 0 Å². The van der Waals surface area contributed by atoms with Gasteiger partial charge >= 0.3 is 13.0 Å². The van der Waals surface area contributed by atoms with E-state index in [2.05, 4.69) is 32.9 Å². The van der Waals surface area contributed by atoms with Crippen LogP contribution in [0.4, 0.5) is 8.78 Å². The number of hydrogen-bond donors (Lipinski definition) is 0. The monoisotopic (exact) mass is 484 g/mol. The Balaban J connectivity index is 4.99. The van der Waals surface area contributed by atoms with Crippen molar-refractivity contribution in [2.75, 3.05) is 26.5 Å². The molecule has 0 fully saturated rings. The molecular weight excluding hydrogens is 444 g/mol. The molecule has 0 heterocycles. The molecule has 0 radical (unpaired) electrons. The average Bonchev–Trinajstić information content (AvgIpc) is 2.67. The largest absolute Gasteiger partial charge is 0.418 e. The summed E-state index contributed by atoms with van der Waals surface area (Å²) in [7, 11) is -8.59. The van der Waals surface area contributed by atoms with Gasteiger partial charge in [0.05, 0.1) is 13.2 Å². The molecule has 31 heavy (non-hydrogen) atoms. The summed E-state index contributed by atoms with van der Waals surface area (Å²) in [6.45, 7) is 10.5. The summed E-state index contributed by atoms with van der Waals surface area (Å²) in [5, 5.41) is -4.21. The van der Waals surface area contributed by atoms with Gasteiger partial charge in [0, 0.05) is 13.3 Å². The third-order valence-corrected chi connectivity index (χ3v) is 10.4. The lowest BCUT2D eigenvalue weighted by molar-refractivity contribution is 0.0902. The first kappa shape index (κ1) is 30.4. The topological polar surface area (TPSA) is 61.8 Å². The van der Waals surface area contributed by atoms with Gasteiger partial charge < -0.3 is 13.6 Å². The minimum absolute atomic E-state index is 0.119. The third-order valence-electron chi connectivity index (χ3n) is 4.67. The number of allylic oxidation sites excluding steroid dienone is 6. The van der Waals surface area contributed by atoms with Gasteiger partial charge in [-0.05, 0) is 73.6 Å². The summed E-state index contributed by atoms with van der Waals surface area (Å²) in [6.07, 6.45) is 9.51. The van der Waals surface area contributed by atoms with E-state index in [1.54, 1.807) is 6.08 Å². The summed E-state index contributed by atoms with van der Waals surface area (Å²) in [6, 6.07) is 0. The maximum Gasteiger partial charge on any atom is 0.418 e. The maximum atomic E-state index is 14.9. The Labute approximate surface area is 187 Å². The van der Waals surface area contributed by atoms with Gasteiger partial charge in [-0.25, -0.2) is 0 Å². The lowest BCUT2D eigenvalue weighted by Gasteiger charge is -2.30. The Morgan fingerprint density at radius 3 is 1.71 bits per heavy atom. The van der Waals surface area contributed by atoms with E-state index in [1.807, 2.05) is 6.92 Å². The fourth-order valence-electron chi connectivity index (χ4n) is 2.87. The van der Waals surface area contributed by atoms with Crippen molar-refractivity contribution in [1.82, 2.24) is 0 Å². The van der Waals surface area contributed by atoms with Crippen LogP contribution in [-0.4, -0.2) is 31.9 Å². The van der Waals surface area contributed by atoms with Crippen LogP contribution in [0.1, 0.15) is 73.6 Å². The van der Waals surface area contributed by atoms with E-state index in [4.69, 9.17) is 13.6 Å². The molecule has 0 rings (SSSR count). The molecule has 1 atom stereocenters. The minimum Gasteiger partial charge on any atom is -0.327 e. The highest BCUT2D eigenvalue weighted by atomic mass is 31.2. The smallest absolute Gasteiger partial charge is 0.327 e. The Kier molecular flexibility index (Phi) is 14.3. The molecule has 1 unspecified atom stereocenters. The fraction of sp³-hybridized carbons (Fsp3) is 0.727. The van der Waals surface area contributed by atoms with Crippen molar-refractivity contribution in [3.8, 4) is 0 Å². The number of rotatable bonds is 16. The van der Waals surface area contributed by atoms with Crippen LogP contribution < -0.4 is 0 Å². The van der Waals surface area contributed by atoms with Crippen molar-refractivity contribution in [3.05, 3.63) is 34.9 Å². The molecule has 0 aliphatic carbocycles. The molecule has 182 valence electrons. The average molecular weight is 485 g/mol. The SMILES string of the molecule is CCOP(=O)(OCC)C(F)(F)P(=O)(CC/C=C(\C)CC/C=C(\C)CCC=C(C)C)OC. The van der Waals surface area contributed by atoms with Crippen LogP contribution in [0.2, 0.25) is 0 Å². The normalized spacial score (nSPS) is 15.6. The summed E-state index contributed by atoms with van der Waals surface area (Å²) in [5.74, 6) is 0. The second-order valence-electron chi connectivity index (χ2n) is 7.67. The molecule has 0 aromatic carbocycles. The van der Waals surface area contributed by atoms with Crippen LogP contribution in [0.5, 0.6) is 0 Å². The van der Waals surface area contributed by atoms with Crippen molar-refractivity contribution in [1.29, 1.82) is 0 Å². The first-order valence-corrected chi connectivity index (χ1v) is 14.1. The van der Waals surface area contributed by atoms with Crippen LogP contribution in [0.25, 0.3) is 0 Å². The highest BCUT2D eigenvalue weighted by Gasteiger charge is 2.66. The Morgan fingerprint density at radius 2 is 1.29 bits per heavy atom. The molecule has 0 N–H and O–H groups in total. The van der Waals surface area contributed by atoms with Crippen LogP contribution in [0.15, 0.2) is 34.9 Å². The highest BCUT2D eigenvalue weighted by molar-refractivity contribution is 7.76. The van der Waals surface area contributed by atoms with Gasteiger partial charge in [-0.15, -0.1) is 0 Å². The molecule has 0 aliphatic heterocycles. The lowest BCUT2D eigenvalue weighted by Crippen LogP contribution is -2.23. The molecule has 0 aromatic rings. The van der Waals surface area contributed by atoms with Gasteiger partial charge in [0.15, 0.2) is 0 Å². The lowest BCUT2D eigenvalue weighted by atomic mass is 10.1. The van der Waals surface area contributed by atoms with Gasteiger partial charge in [0.2, 0.25) is 0 Å². The molecule has 0 saturated carbocycles. The van der Waals surface area contributed by atoms with Gasteiger partial charge in [0.25, 0.3) is 7.37 Å². The van der Waals surface area contributed by atoms with Gasteiger partial charge in [-0.1, -0.05) is 34.9 Å². The van der Waals surface area contributed by atoms with Crippen molar-refractivity contribution >= 4 is 15.0 Å². The zero-order valence-corrected chi connectivity index (χ0v) is 21.9. The summed E-state index contributed by atoms with van der Waals surface area (Å²) in [4.78, 5) is 0. The third kappa shape index (κ3) is 9.84. The number of alkyl halides is 2. The minimum atomic E-state index is -4.92. The van der Waals surface area contributed by atoms with E-state index in [1.165, 1.54) is 25.0 Å². The van der Waals surface area contributed by atoms with E-state index in [0.717, 1.165) is 38.4 Å². The summed E-state index contributed by atoms with van der Waals surface area (Å²) >= 11 is 0. The Morgan fingerprint density at radius 1 is 0.839 bits per heavy atom. The highest BCUT2D eigenvalue weighted by Crippen LogP contribution is 2.78. The molecule has 5 nitrogen and oxygen atoms in total. The Hall–Kier alpha value is -0.580. The quantitative estimate of drug-likeness (QED) is 0.162. The molecule has 0 aliphatic rings.